The summed E-state index contributed by atoms with van der Waals surface area (Å²) in [5.41, 5.74) is 4.14. The number of benzene rings is 2. The first kappa shape index (κ1) is 26.6. The van der Waals surface area contributed by atoms with Gasteiger partial charge in [-0.25, -0.2) is 14.8 Å². The second-order valence-corrected chi connectivity index (χ2v) is 11.2. The van der Waals surface area contributed by atoms with Gasteiger partial charge < -0.3 is 19.1 Å². The van der Waals surface area contributed by atoms with Gasteiger partial charge in [0.25, 0.3) is 0 Å². The van der Waals surface area contributed by atoms with Gasteiger partial charge in [-0.3, -0.25) is 9.88 Å². The number of rotatable bonds is 9. The fraction of sp³-hybridized carbons (Fsp3) is 0.333. The summed E-state index contributed by atoms with van der Waals surface area (Å²) in [7, 11) is 0. The zero-order valence-electron chi connectivity index (χ0n) is 23.4. The molecular weight excluding hydrogens is 530 g/mol. The standard InChI is InChI=1S/C33H33N5O4/c39-33(40)25-6-7-29-30(17-25)38(19-27-11-15-41-27)31(35-29)20-37-13-9-23(10-14-37)28-2-1-3-32(36-28)42-21-22-4-5-26-18-34-12-8-24(26)16-22/h1-8,12,16-18,23,27H,9-11,13-15,19-21H2,(H,39,40). The van der Waals surface area contributed by atoms with Crippen LogP contribution >= 0.6 is 0 Å². The van der Waals surface area contributed by atoms with Crippen LogP contribution in [0.15, 0.2) is 73.1 Å². The molecule has 0 radical (unpaired) electrons. The number of hydrogen-bond donors (Lipinski definition) is 1. The number of imidazole rings is 1. The number of nitrogens with zero attached hydrogens (tertiary/aromatic N) is 5. The van der Waals surface area contributed by atoms with Crippen molar-refractivity contribution in [3.8, 4) is 5.88 Å². The maximum atomic E-state index is 11.6. The van der Waals surface area contributed by atoms with Gasteiger partial charge in [-0.05, 0) is 79.7 Å². The van der Waals surface area contributed by atoms with Gasteiger partial charge in [0.2, 0.25) is 5.88 Å². The van der Waals surface area contributed by atoms with Crippen LogP contribution in [-0.4, -0.2) is 61.3 Å². The summed E-state index contributed by atoms with van der Waals surface area (Å²) in [6.07, 6.45) is 6.85. The average molecular weight is 564 g/mol. The van der Waals surface area contributed by atoms with E-state index in [-0.39, 0.29) is 11.7 Å². The summed E-state index contributed by atoms with van der Waals surface area (Å²) in [5.74, 6) is 1.05. The van der Waals surface area contributed by atoms with Gasteiger partial charge in [0, 0.05) is 42.1 Å². The molecule has 0 spiro atoms. The third kappa shape index (κ3) is 5.57. The van der Waals surface area contributed by atoms with Crippen molar-refractivity contribution in [2.75, 3.05) is 19.7 Å². The highest BCUT2D eigenvalue weighted by atomic mass is 16.5. The maximum absolute atomic E-state index is 11.6. The van der Waals surface area contributed by atoms with E-state index in [1.165, 1.54) is 0 Å². The zero-order valence-corrected chi connectivity index (χ0v) is 23.4. The van der Waals surface area contributed by atoms with E-state index in [0.717, 1.165) is 84.4 Å². The molecule has 42 heavy (non-hydrogen) atoms. The molecule has 5 heterocycles. The minimum atomic E-state index is -0.928. The molecule has 2 aliphatic heterocycles. The Morgan fingerprint density at radius 2 is 1.88 bits per heavy atom. The summed E-state index contributed by atoms with van der Waals surface area (Å²) in [6.45, 7) is 4.53. The second-order valence-electron chi connectivity index (χ2n) is 11.2. The maximum Gasteiger partial charge on any atom is 0.335 e. The van der Waals surface area contributed by atoms with Crippen LogP contribution in [0, 0.1) is 0 Å². The summed E-state index contributed by atoms with van der Waals surface area (Å²) in [4.78, 5) is 28.0. The monoisotopic (exact) mass is 563 g/mol. The molecule has 9 heteroatoms. The predicted molar refractivity (Wildman–Crippen MR) is 159 cm³/mol. The molecule has 0 bridgehead atoms. The van der Waals surface area contributed by atoms with Gasteiger partial charge in [0.05, 0.1) is 35.8 Å². The van der Waals surface area contributed by atoms with Crippen molar-refractivity contribution in [2.24, 2.45) is 0 Å². The number of likely N-dealkylation sites (tertiary alicyclic amines) is 1. The smallest absolute Gasteiger partial charge is 0.335 e. The van der Waals surface area contributed by atoms with E-state index in [2.05, 4.69) is 38.7 Å². The molecule has 1 atom stereocenters. The Kier molecular flexibility index (Phi) is 7.27. The Hall–Kier alpha value is -4.34. The molecule has 5 aromatic rings. The normalized spacial score (nSPS) is 17.9. The van der Waals surface area contributed by atoms with Gasteiger partial charge in [-0.15, -0.1) is 0 Å². The minimum Gasteiger partial charge on any atom is -0.478 e. The number of aromatic carboxylic acids is 1. The molecule has 9 nitrogen and oxygen atoms in total. The van der Waals surface area contributed by atoms with Crippen LogP contribution in [-0.2, 0) is 24.4 Å². The zero-order chi connectivity index (χ0) is 28.5. The Bertz CT molecular complexity index is 1740. The Labute approximate surface area is 243 Å². The minimum absolute atomic E-state index is 0.152. The highest BCUT2D eigenvalue weighted by Crippen LogP contribution is 2.30. The molecule has 214 valence electrons. The fourth-order valence-corrected chi connectivity index (χ4v) is 5.97. The van der Waals surface area contributed by atoms with Crippen LogP contribution in [0.25, 0.3) is 21.8 Å². The van der Waals surface area contributed by atoms with E-state index >= 15 is 0 Å². The number of piperidine rings is 1. The molecule has 2 aromatic carbocycles. The SMILES string of the molecule is O=C(O)c1ccc2nc(CN3CCC(c4cccc(OCc5ccc6cnccc6c5)n4)CC3)n(CC3CCO3)c2c1. The molecular formula is C33H33N5O4. The van der Waals surface area contributed by atoms with Crippen molar-refractivity contribution >= 4 is 27.8 Å². The molecule has 2 aliphatic rings. The number of carboxylic acid groups (broad SMARTS) is 1. The number of carbonyl (C=O) groups is 1. The first-order chi connectivity index (χ1) is 20.6. The van der Waals surface area contributed by atoms with Crippen molar-refractivity contribution in [1.29, 1.82) is 0 Å². The molecule has 0 amide bonds. The number of aromatic nitrogens is 4. The molecule has 2 fully saturated rings. The lowest BCUT2D eigenvalue weighted by molar-refractivity contribution is -0.0592. The van der Waals surface area contributed by atoms with Crippen LogP contribution in [0.2, 0.25) is 0 Å². The van der Waals surface area contributed by atoms with Gasteiger partial charge >= 0.3 is 5.97 Å². The van der Waals surface area contributed by atoms with Crippen LogP contribution in [0.5, 0.6) is 5.88 Å². The number of carboxylic acids is 1. The first-order valence-electron chi connectivity index (χ1n) is 14.6. The summed E-state index contributed by atoms with van der Waals surface area (Å²) in [5, 5.41) is 11.8. The van der Waals surface area contributed by atoms with Crippen LogP contribution in [0.4, 0.5) is 0 Å². The van der Waals surface area contributed by atoms with Crippen LogP contribution in [0.3, 0.4) is 0 Å². The van der Waals surface area contributed by atoms with Crippen molar-refractivity contribution in [2.45, 2.75) is 51.0 Å². The molecule has 0 aliphatic carbocycles. The first-order valence-corrected chi connectivity index (χ1v) is 14.6. The lowest BCUT2D eigenvalue weighted by atomic mass is 9.93. The lowest BCUT2D eigenvalue weighted by Crippen LogP contribution is -2.35. The number of pyridine rings is 2. The van der Waals surface area contributed by atoms with Crippen molar-refractivity contribution < 1.29 is 19.4 Å². The Balaban J connectivity index is 1.000. The number of ether oxygens (including phenoxy) is 2. The van der Waals surface area contributed by atoms with Gasteiger partial charge in [0.15, 0.2) is 0 Å². The molecule has 2 saturated heterocycles. The van der Waals surface area contributed by atoms with E-state index in [0.29, 0.717) is 24.9 Å². The largest absolute Gasteiger partial charge is 0.478 e. The second kappa shape index (κ2) is 11.5. The summed E-state index contributed by atoms with van der Waals surface area (Å²) in [6, 6.07) is 19.5. The van der Waals surface area contributed by atoms with Crippen molar-refractivity contribution in [1.82, 2.24) is 24.4 Å². The van der Waals surface area contributed by atoms with E-state index in [1.807, 2.05) is 30.5 Å². The molecule has 3 aromatic heterocycles. The van der Waals surface area contributed by atoms with Crippen LogP contribution < -0.4 is 4.74 Å². The molecule has 0 saturated carbocycles. The van der Waals surface area contributed by atoms with E-state index in [1.54, 1.807) is 18.3 Å². The van der Waals surface area contributed by atoms with Crippen molar-refractivity contribution in [3.63, 3.8) is 0 Å². The van der Waals surface area contributed by atoms with E-state index < -0.39 is 5.97 Å². The predicted octanol–water partition coefficient (Wildman–Crippen LogP) is 5.43. The van der Waals surface area contributed by atoms with Gasteiger partial charge in [-0.2, -0.15) is 0 Å². The molecule has 1 N–H and O–H groups in total. The lowest BCUT2D eigenvalue weighted by Gasteiger charge is -2.32. The van der Waals surface area contributed by atoms with Gasteiger partial charge in [0.1, 0.15) is 12.4 Å². The Morgan fingerprint density at radius 1 is 1.00 bits per heavy atom. The molecule has 7 rings (SSSR count). The Morgan fingerprint density at radius 3 is 2.69 bits per heavy atom. The third-order valence-electron chi connectivity index (χ3n) is 8.46. The number of fused-ring (bicyclic) bond motifs is 2. The van der Waals surface area contributed by atoms with E-state index in [9.17, 15) is 9.90 Å². The summed E-state index contributed by atoms with van der Waals surface area (Å²) < 4.78 is 14.0. The third-order valence-corrected chi connectivity index (χ3v) is 8.46. The highest BCUT2D eigenvalue weighted by Gasteiger charge is 2.26. The summed E-state index contributed by atoms with van der Waals surface area (Å²) >= 11 is 0. The fourth-order valence-electron chi connectivity index (χ4n) is 5.97. The topological polar surface area (TPSA) is 103 Å². The van der Waals surface area contributed by atoms with Gasteiger partial charge in [-0.1, -0.05) is 18.2 Å². The molecule has 1 unspecified atom stereocenters. The number of hydrogen-bond acceptors (Lipinski definition) is 7. The average Bonchev–Trinajstić information content (AvgIpc) is 3.34. The quantitative estimate of drug-likeness (QED) is 0.254. The van der Waals surface area contributed by atoms with E-state index in [4.69, 9.17) is 19.4 Å². The highest BCUT2D eigenvalue weighted by molar-refractivity contribution is 5.92. The van der Waals surface area contributed by atoms with Crippen LogP contribution in [0.1, 0.15) is 52.6 Å². The van der Waals surface area contributed by atoms with Crippen molar-refractivity contribution in [3.05, 3.63) is 95.7 Å².